The minimum Gasteiger partial charge on any atom is -0.406 e. The number of hydrogen-bond acceptors (Lipinski definition) is 5. The number of halogens is 4. The van der Waals surface area contributed by atoms with E-state index in [1.165, 1.54) is 12.1 Å². The van der Waals surface area contributed by atoms with E-state index in [0.717, 1.165) is 28.0 Å². The Bertz CT molecular complexity index is 1290. The Balaban J connectivity index is 1.68. The Labute approximate surface area is 218 Å². The Kier molecular flexibility index (Phi) is 8.10. The van der Waals surface area contributed by atoms with Gasteiger partial charge in [-0.1, -0.05) is 49.0 Å². The zero-order chi connectivity index (χ0) is 26.6. The average Bonchev–Trinajstić information content (AvgIpc) is 2.84. The van der Waals surface area contributed by atoms with Crippen LogP contribution in [-0.4, -0.2) is 34.5 Å². The normalized spacial score (nSPS) is 13.4. The summed E-state index contributed by atoms with van der Waals surface area (Å²) in [6.45, 7) is 8.98. The molecule has 2 heterocycles. The molecule has 0 unspecified atom stereocenters. The molecule has 2 aromatic carbocycles. The summed E-state index contributed by atoms with van der Waals surface area (Å²) in [5, 5.41) is 13.2. The fourth-order valence-electron chi connectivity index (χ4n) is 4.40. The molecule has 0 radical (unpaired) electrons. The molecule has 0 saturated carbocycles. The lowest BCUT2D eigenvalue weighted by Crippen LogP contribution is -2.32. The number of aromatic nitrogens is 1. The summed E-state index contributed by atoms with van der Waals surface area (Å²) in [4.78, 5) is 6.55. The fraction of sp³-hybridized carbons (Fsp3) is 0.250. The third kappa shape index (κ3) is 6.64. The van der Waals surface area contributed by atoms with Gasteiger partial charge in [0, 0.05) is 35.6 Å². The highest BCUT2D eigenvalue weighted by molar-refractivity contribution is 6.30. The van der Waals surface area contributed by atoms with Gasteiger partial charge in [-0.2, -0.15) is 0 Å². The number of fused-ring (bicyclic) bond motifs is 1. The number of pyridine rings is 1. The van der Waals surface area contributed by atoms with Gasteiger partial charge in [-0.05, 0) is 72.2 Å². The zero-order valence-electron chi connectivity index (χ0n) is 20.1. The van der Waals surface area contributed by atoms with Crippen LogP contribution >= 0.6 is 11.6 Å². The Morgan fingerprint density at radius 2 is 1.81 bits per heavy atom. The van der Waals surface area contributed by atoms with Crippen molar-refractivity contribution in [3.63, 3.8) is 0 Å². The van der Waals surface area contributed by atoms with Crippen LogP contribution in [0.3, 0.4) is 0 Å². The SMILES string of the molecule is C=C1Nc2ncc(CCc3cccc(OC(F)(F)F)c3)c(Cc3ccc(Cl)cc3)c2C(=C)N1CCCO. The molecule has 0 saturated heterocycles. The van der Waals surface area contributed by atoms with Gasteiger partial charge in [0.2, 0.25) is 0 Å². The lowest BCUT2D eigenvalue weighted by molar-refractivity contribution is -0.274. The number of nitrogens with one attached hydrogen (secondary N) is 1. The van der Waals surface area contributed by atoms with Gasteiger partial charge >= 0.3 is 6.36 Å². The van der Waals surface area contributed by atoms with Gasteiger partial charge in [0.25, 0.3) is 0 Å². The van der Waals surface area contributed by atoms with Crippen LogP contribution < -0.4 is 10.1 Å². The van der Waals surface area contributed by atoms with Gasteiger partial charge in [0.15, 0.2) is 0 Å². The smallest absolute Gasteiger partial charge is 0.406 e. The number of aliphatic hydroxyl groups is 1. The fourth-order valence-corrected chi connectivity index (χ4v) is 4.52. The number of rotatable bonds is 9. The number of ether oxygens (including phenoxy) is 1. The molecule has 5 nitrogen and oxygen atoms in total. The minimum absolute atomic E-state index is 0.0386. The van der Waals surface area contributed by atoms with Crippen molar-refractivity contribution < 1.29 is 23.0 Å². The number of aliphatic hydroxyl groups excluding tert-OH is 1. The number of aryl methyl sites for hydroxylation is 2. The molecule has 37 heavy (non-hydrogen) atoms. The van der Waals surface area contributed by atoms with Crippen LogP contribution in [0.1, 0.15) is 34.2 Å². The predicted molar refractivity (Wildman–Crippen MR) is 139 cm³/mol. The van der Waals surface area contributed by atoms with Gasteiger partial charge in [-0.25, -0.2) is 4.98 Å². The number of alkyl halides is 3. The third-order valence-electron chi connectivity index (χ3n) is 6.13. The summed E-state index contributed by atoms with van der Waals surface area (Å²) in [6.07, 6.45) is -0.794. The Hall–Kier alpha value is -3.49. The van der Waals surface area contributed by atoms with Crippen molar-refractivity contribution in [1.82, 2.24) is 9.88 Å². The molecule has 9 heteroatoms. The van der Waals surface area contributed by atoms with Crippen LogP contribution in [0.2, 0.25) is 5.02 Å². The Morgan fingerprint density at radius 3 is 2.51 bits per heavy atom. The van der Waals surface area contributed by atoms with E-state index in [1.54, 1.807) is 18.3 Å². The summed E-state index contributed by atoms with van der Waals surface area (Å²) in [7, 11) is 0. The molecule has 1 aromatic heterocycles. The summed E-state index contributed by atoms with van der Waals surface area (Å²) in [5.41, 5.74) is 5.30. The molecule has 1 aliphatic rings. The number of nitrogens with zero attached hydrogens (tertiary/aromatic N) is 2. The molecular weight excluding hydrogens is 503 g/mol. The highest BCUT2D eigenvalue weighted by Gasteiger charge is 2.31. The van der Waals surface area contributed by atoms with E-state index >= 15 is 0 Å². The first-order valence-electron chi connectivity index (χ1n) is 11.8. The van der Waals surface area contributed by atoms with Crippen LogP contribution in [-0.2, 0) is 19.3 Å². The summed E-state index contributed by atoms with van der Waals surface area (Å²) < 4.78 is 42.1. The van der Waals surface area contributed by atoms with Crippen molar-refractivity contribution >= 4 is 23.1 Å². The molecule has 3 aromatic rings. The van der Waals surface area contributed by atoms with E-state index in [1.807, 2.05) is 29.2 Å². The van der Waals surface area contributed by atoms with Gasteiger partial charge in [0.1, 0.15) is 17.4 Å². The largest absolute Gasteiger partial charge is 0.573 e. The van der Waals surface area contributed by atoms with Crippen LogP contribution in [0.5, 0.6) is 5.75 Å². The van der Waals surface area contributed by atoms with E-state index < -0.39 is 6.36 Å². The monoisotopic (exact) mass is 529 g/mol. The van der Waals surface area contributed by atoms with Gasteiger partial charge < -0.3 is 20.1 Å². The zero-order valence-corrected chi connectivity index (χ0v) is 20.9. The van der Waals surface area contributed by atoms with Crippen molar-refractivity contribution in [2.45, 2.75) is 32.0 Å². The number of benzene rings is 2. The van der Waals surface area contributed by atoms with Crippen molar-refractivity contribution in [2.24, 2.45) is 0 Å². The average molecular weight is 530 g/mol. The van der Waals surface area contributed by atoms with Crippen molar-refractivity contribution in [1.29, 1.82) is 0 Å². The highest BCUT2D eigenvalue weighted by Crippen LogP contribution is 2.38. The van der Waals surface area contributed by atoms with E-state index in [4.69, 9.17) is 11.6 Å². The van der Waals surface area contributed by atoms with Gasteiger partial charge in [-0.3, -0.25) is 0 Å². The van der Waals surface area contributed by atoms with Gasteiger partial charge in [0.05, 0.1) is 0 Å². The lowest BCUT2D eigenvalue weighted by atomic mass is 9.90. The minimum atomic E-state index is -4.74. The van der Waals surface area contributed by atoms with E-state index in [9.17, 15) is 18.3 Å². The second-order valence-corrected chi connectivity index (χ2v) is 9.17. The molecule has 0 spiro atoms. The quantitative estimate of drug-likeness (QED) is 0.329. The first-order chi connectivity index (χ1) is 17.6. The lowest BCUT2D eigenvalue weighted by Gasteiger charge is -2.36. The summed E-state index contributed by atoms with van der Waals surface area (Å²) in [5.74, 6) is 1.03. The molecular formula is C28H27ClF3N3O2. The molecule has 0 aliphatic carbocycles. The molecule has 1 aliphatic heterocycles. The van der Waals surface area contributed by atoms with Crippen LogP contribution in [0, 0.1) is 0 Å². The molecule has 194 valence electrons. The molecule has 0 atom stereocenters. The second kappa shape index (κ2) is 11.3. The van der Waals surface area contributed by atoms with Crippen molar-refractivity contribution in [3.8, 4) is 5.75 Å². The molecule has 2 N–H and O–H groups in total. The standard InChI is InChI=1S/C28H27ClF3N3O2/c1-18-26-25(16-21-8-11-23(29)12-9-21)22(17-33-27(26)34-19(2)35(18)13-4-14-36)10-7-20-5-3-6-24(15-20)37-28(30,31)32/h3,5-6,8-9,11-12,15,17,36H,1-2,4,7,10,13-14,16H2,(H,33,34). The third-order valence-corrected chi connectivity index (χ3v) is 6.38. The highest BCUT2D eigenvalue weighted by atomic mass is 35.5. The van der Waals surface area contributed by atoms with Crippen LogP contribution in [0.25, 0.3) is 5.70 Å². The number of anilines is 1. The van der Waals surface area contributed by atoms with E-state index in [0.29, 0.717) is 54.5 Å². The van der Waals surface area contributed by atoms with Crippen molar-refractivity contribution in [2.75, 3.05) is 18.5 Å². The molecule has 4 rings (SSSR count). The van der Waals surface area contributed by atoms with E-state index in [2.05, 4.69) is 28.2 Å². The van der Waals surface area contributed by atoms with Crippen molar-refractivity contribution in [3.05, 3.63) is 107 Å². The first kappa shape index (κ1) is 26.6. The maximum atomic E-state index is 12.7. The summed E-state index contributed by atoms with van der Waals surface area (Å²) >= 11 is 6.09. The van der Waals surface area contributed by atoms with Crippen LogP contribution in [0.15, 0.2) is 73.7 Å². The molecule has 0 bridgehead atoms. The first-order valence-corrected chi connectivity index (χ1v) is 12.2. The summed E-state index contributed by atoms with van der Waals surface area (Å²) in [6, 6.07) is 13.6. The second-order valence-electron chi connectivity index (χ2n) is 8.73. The molecule has 0 fully saturated rings. The predicted octanol–water partition coefficient (Wildman–Crippen LogP) is 6.56. The van der Waals surface area contributed by atoms with E-state index in [-0.39, 0.29) is 12.4 Å². The maximum absolute atomic E-state index is 12.7. The maximum Gasteiger partial charge on any atom is 0.573 e. The van der Waals surface area contributed by atoms with Crippen LogP contribution in [0.4, 0.5) is 19.0 Å². The topological polar surface area (TPSA) is 57.6 Å². The number of hydrogen-bond donors (Lipinski definition) is 2. The molecule has 0 amide bonds. The van der Waals surface area contributed by atoms with Gasteiger partial charge in [-0.15, -0.1) is 13.2 Å². The Morgan fingerprint density at radius 1 is 1.05 bits per heavy atom.